The lowest BCUT2D eigenvalue weighted by Gasteiger charge is -2.09. The van der Waals surface area contributed by atoms with Gasteiger partial charge < -0.3 is 8.92 Å². The molecule has 0 atom stereocenters. The van der Waals surface area contributed by atoms with Gasteiger partial charge in [-0.05, 0) is 47.7 Å². The molecule has 0 saturated carbocycles. The van der Waals surface area contributed by atoms with E-state index in [9.17, 15) is 8.42 Å². The molecule has 0 aromatic heterocycles. The highest BCUT2D eigenvalue weighted by molar-refractivity contribution is 14.1. The Balaban J connectivity index is 2.36. The molecular formula is C14H11IO4S. The summed E-state index contributed by atoms with van der Waals surface area (Å²) in [5.41, 5.74) is 0.975. The summed E-state index contributed by atoms with van der Waals surface area (Å²) in [6, 6.07) is 13.2. The molecule has 0 radical (unpaired) electrons. The number of ether oxygens (including phenoxy) is 1. The molecule has 0 heterocycles. The van der Waals surface area contributed by atoms with Gasteiger partial charge in [-0.3, -0.25) is 0 Å². The third-order valence-electron chi connectivity index (χ3n) is 2.52. The van der Waals surface area contributed by atoms with Crippen molar-refractivity contribution in [3.63, 3.8) is 0 Å². The molecule has 0 unspecified atom stereocenters. The second-order valence-corrected chi connectivity index (χ2v) is 6.60. The van der Waals surface area contributed by atoms with Crippen LogP contribution >= 0.6 is 22.6 Å². The van der Waals surface area contributed by atoms with E-state index in [-0.39, 0.29) is 10.6 Å². The van der Waals surface area contributed by atoms with E-state index < -0.39 is 10.1 Å². The van der Waals surface area contributed by atoms with Crippen molar-refractivity contribution in [2.24, 2.45) is 0 Å². The van der Waals surface area contributed by atoms with Crippen LogP contribution in [0, 0.1) is 22.6 Å². The van der Waals surface area contributed by atoms with Crippen LogP contribution in [0.2, 0.25) is 0 Å². The summed E-state index contributed by atoms with van der Waals surface area (Å²) in [5, 5.41) is 0. The molecule has 104 valence electrons. The van der Waals surface area contributed by atoms with Crippen LogP contribution in [0.25, 0.3) is 0 Å². The van der Waals surface area contributed by atoms with Gasteiger partial charge in [-0.1, -0.05) is 23.8 Å². The molecule has 0 amide bonds. The maximum absolute atomic E-state index is 12.2. The van der Waals surface area contributed by atoms with Gasteiger partial charge in [0.1, 0.15) is 8.47 Å². The summed E-state index contributed by atoms with van der Waals surface area (Å²) in [6.07, 6.45) is 0. The Kier molecular flexibility index (Phi) is 4.40. The molecule has 0 aliphatic heterocycles. The number of benzene rings is 1. The number of hydrogen-bond donors (Lipinski definition) is 0. The van der Waals surface area contributed by atoms with Crippen LogP contribution in [0.1, 0.15) is 5.56 Å². The van der Waals surface area contributed by atoms with Gasteiger partial charge in [0.05, 0.1) is 7.11 Å². The van der Waals surface area contributed by atoms with Crippen molar-refractivity contribution in [1.29, 1.82) is 0 Å². The maximum Gasteiger partial charge on any atom is 0.339 e. The minimum Gasteiger partial charge on any atom is -0.488 e. The topological polar surface area (TPSA) is 52.6 Å². The van der Waals surface area contributed by atoms with Gasteiger partial charge in [0.15, 0.2) is 11.5 Å². The molecule has 0 aliphatic carbocycles. The molecule has 20 heavy (non-hydrogen) atoms. The monoisotopic (exact) mass is 402 g/mol. The Bertz CT molecular complexity index is 708. The number of hydrogen-bond acceptors (Lipinski definition) is 4. The van der Waals surface area contributed by atoms with Gasteiger partial charge in [-0.25, -0.2) is 0 Å². The van der Waals surface area contributed by atoms with Gasteiger partial charge in [-0.2, -0.15) is 8.42 Å². The number of halogens is 1. The first kappa shape index (κ1) is 14.9. The second-order valence-electron chi connectivity index (χ2n) is 3.98. The predicted octanol–water partition coefficient (Wildman–Crippen LogP) is 2.98. The number of methoxy groups -OCH3 is 1. The van der Waals surface area contributed by atoms with E-state index in [0.717, 1.165) is 5.56 Å². The fourth-order valence-corrected chi connectivity index (χ4v) is 3.17. The summed E-state index contributed by atoms with van der Waals surface area (Å²) < 4.78 is 35.1. The molecule has 2 rings (SSSR count). The summed E-state index contributed by atoms with van der Waals surface area (Å²) in [7, 11) is -2.40. The zero-order valence-corrected chi connectivity index (χ0v) is 13.8. The van der Waals surface area contributed by atoms with Crippen molar-refractivity contribution < 1.29 is 17.3 Å². The molecule has 0 aliphatic rings. The van der Waals surface area contributed by atoms with E-state index in [1.165, 1.54) is 25.3 Å². The minimum atomic E-state index is -3.87. The summed E-state index contributed by atoms with van der Waals surface area (Å²) in [4.78, 5) is 0.102. The minimum absolute atomic E-state index is 0.102. The van der Waals surface area contributed by atoms with Crippen LogP contribution in [0.3, 0.4) is 0 Å². The Morgan fingerprint density at radius 3 is 2.45 bits per heavy atom. The quantitative estimate of drug-likeness (QED) is 0.583. The Hall–Kier alpha value is -1.46. The summed E-state index contributed by atoms with van der Waals surface area (Å²) >= 11 is 1.94. The van der Waals surface area contributed by atoms with Crippen molar-refractivity contribution in [3.8, 4) is 11.5 Å². The molecule has 6 heteroatoms. The van der Waals surface area contributed by atoms with Crippen molar-refractivity contribution in [1.82, 2.24) is 0 Å². The average Bonchev–Trinajstić information content (AvgIpc) is 2.41. The second kappa shape index (κ2) is 5.89. The molecule has 0 fully saturated rings. The zero-order valence-electron chi connectivity index (χ0n) is 10.8. The van der Waals surface area contributed by atoms with Crippen LogP contribution in [0.5, 0.6) is 11.5 Å². The normalized spacial score (nSPS) is 10.8. The van der Waals surface area contributed by atoms with Crippen LogP contribution < -0.4 is 8.92 Å². The lowest BCUT2D eigenvalue weighted by atomic mass is 10.2. The number of rotatable bonds is 4. The van der Waals surface area contributed by atoms with Crippen molar-refractivity contribution in [2.75, 3.05) is 7.11 Å². The number of aryl methyl sites for hydroxylation is 1. The lowest BCUT2D eigenvalue weighted by Crippen LogP contribution is -2.10. The molecular weight excluding hydrogens is 391 g/mol. The van der Waals surface area contributed by atoms with Crippen molar-refractivity contribution in [2.45, 2.75) is 11.8 Å². The molecule has 0 N–H and O–H groups in total. The standard InChI is InChI=1S/C14H11IO4S/c1-10-6-8-11(9-7-10)20(16,17)19-13-5-3-4-12(18-2)14(13)15/h5-9H,1-2H3. The van der Waals surface area contributed by atoms with Gasteiger partial charge in [0, 0.05) is 6.07 Å². The van der Waals surface area contributed by atoms with Gasteiger partial charge in [0.25, 0.3) is 0 Å². The fourth-order valence-electron chi connectivity index (χ4n) is 1.47. The Morgan fingerprint density at radius 1 is 1.20 bits per heavy atom. The molecule has 2 aromatic rings. The highest BCUT2D eigenvalue weighted by atomic mass is 127. The largest absolute Gasteiger partial charge is 0.488 e. The van der Waals surface area contributed by atoms with Crippen molar-refractivity contribution in [3.05, 3.63) is 51.6 Å². The van der Waals surface area contributed by atoms with E-state index >= 15 is 0 Å². The third kappa shape index (κ3) is 3.16. The first-order valence-corrected chi connectivity index (χ1v) is 8.10. The molecule has 2 aromatic carbocycles. The Morgan fingerprint density at radius 2 is 1.85 bits per heavy atom. The highest BCUT2D eigenvalue weighted by Gasteiger charge is 2.19. The van der Waals surface area contributed by atoms with Crippen LogP contribution in [0.4, 0.5) is 0 Å². The van der Waals surface area contributed by atoms with Crippen molar-refractivity contribution >= 4 is 32.7 Å². The van der Waals surface area contributed by atoms with E-state index in [4.69, 9.17) is 8.92 Å². The molecule has 4 nitrogen and oxygen atoms in total. The van der Waals surface area contributed by atoms with Crippen LogP contribution in [-0.4, -0.2) is 15.5 Å². The average molecular weight is 402 g/mol. The van der Waals surface area contributed by atoms with Gasteiger partial charge in [-0.15, -0.1) is 0 Å². The van der Waals surface area contributed by atoms with Gasteiger partial charge in [0.2, 0.25) is 0 Å². The summed E-state index contributed by atoms with van der Waals surface area (Å²) in [5.74, 6) is 0.559. The van der Waals surface area contributed by atoms with Crippen LogP contribution in [0.15, 0.2) is 35.2 Å². The first-order chi connectivity index (χ1) is 9.44. The molecule has 0 bridgehead atoms. The van der Waals surface area contributed by atoms with E-state index in [1.54, 1.807) is 12.1 Å². The van der Waals surface area contributed by atoms with Crippen LogP contribution in [-0.2, 0) is 10.1 Å². The van der Waals surface area contributed by atoms with Gasteiger partial charge >= 0.3 is 10.1 Å². The maximum atomic E-state index is 12.2. The first-order valence-electron chi connectivity index (χ1n) is 5.61. The smallest absolute Gasteiger partial charge is 0.339 e. The molecule has 0 saturated heterocycles. The fraction of sp³-hybridized carbons (Fsp3) is 0.143. The highest BCUT2D eigenvalue weighted by Crippen LogP contribution is 2.29. The predicted molar refractivity (Wildman–Crippen MR) is 82.4 cm³/mol. The van der Waals surface area contributed by atoms with E-state index in [2.05, 4.69) is 12.1 Å². The SMILES string of the molecule is COc1c#ccc(OS(=O)(=O)c2ccc(C)cc2)c1I. The lowest BCUT2D eigenvalue weighted by molar-refractivity contribution is 0.408. The van der Waals surface area contributed by atoms with E-state index in [0.29, 0.717) is 9.32 Å². The van der Waals surface area contributed by atoms with E-state index in [1.807, 2.05) is 29.5 Å². The zero-order chi connectivity index (χ0) is 14.8. The molecule has 0 spiro atoms. The summed E-state index contributed by atoms with van der Waals surface area (Å²) in [6.45, 7) is 1.88. The Labute approximate surface area is 132 Å². The third-order valence-corrected chi connectivity index (χ3v) is 4.79.